The monoisotopic (exact) mass is 598 g/mol. The highest BCUT2D eigenvalue weighted by atomic mass is 33.1. The van der Waals surface area contributed by atoms with Crippen molar-refractivity contribution >= 4 is 57.4 Å². The summed E-state index contributed by atoms with van der Waals surface area (Å²) in [6, 6.07) is 23.6. The van der Waals surface area contributed by atoms with Gasteiger partial charge in [0.2, 0.25) is 5.69 Å². The second-order valence-electron chi connectivity index (χ2n) is 9.70. The van der Waals surface area contributed by atoms with Gasteiger partial charge in [-0.05, 0) is 49.2 Å². The quantitative estimate of drug-likeness (QED) is 0.0638. The number of para-hydroxylation sites is 2. The third-order valence-electron chi connectivity index (χ3n) is 6.69. The van der Waals surface area contributed by atoms with Gasteiger partial charge in [0.15, 0.2) is 12.4 Å². The first-order chi connectivity index (χ1) is 20.6. The molecule has 220 valence electrons. The van der Waals surface area contributed by atoms with Crippen LogP contribution in [0.5, 0.6) is 0 Å². The van der Waals surface area contributed by atoms with Crippen LogP contribution in [0, 0.1) is 0 Å². The average molecular weight is 599 g/mol. The van der Waals surface area contributed by atoms with Crippen LogP contribution in [0.15, 0.2) is 103 Å². The Labute approximate surface area is 261 Å². The number of nitrogens with one attached hydrogen (secondary N) is 1. The van der Waals surface area contributed by atoms with Crippen molar-refractivity contribution in [2.75, 3.05) is 55.0 Å². The van der Waals surface area contributed by atoms with E-state index >= 15 is 0 Å². The van der Waals surface area contributed by atoms with E-state index in [0.29, 0.717) is 0 Å². The molecule has 0 amide bonds. The summed E-state index contributed by atoms with van der Waals surface area (Å²) in [5, 5.41) is 0. The molecule has 1 heterocycles. The van der Waals surface area contributed by atoms with Gasteiger partial charge in [0, 0.05) is 74.4 Å². The summed E-state index contributed by atoms with van der Waals surface area (Å²) in [4.78, 5) is 7.88. The minimum atomic E-state index is 0.940. The smallest absolute Gasteiger partial charge is 0.205 e. The number of hydrogen-bond acceptors (Lipinski definition) is 4. The maximum absolute atomic E-state index is 3.16. The number of aryl methyl sites for hydroxylation is 1. The van der Waals surface area contributed by atoms with Gasteiger partial charge in [-0.1, -0.05) is 88.4 Å². The van der Waals surface area contributed by atoms with E-state index in [2.05, 4.69) is 151 Å². The molecule has 0 radical (unpaired) electrons. The molecule has 1 aromatic heterocycles. The molecule has 1 N–H and O–H groups in total. The Balaban J connectivity index is 1.44. The molecule has 3 aromatic rings. The molecule has 0 spiro atoms. The molecule has 0 fully saturated rings. The van der Waals surface area contributed by atoms with Gasteiger partial charge >= 0.3 is 0 Å². The SMILES string of the molecule is CC[NH+]=C\C=C/C=C/C=C/c1ccccc1N(C)CCSSCCN(C)c1ccccc1/C=C/c1cccc[n+]1CC. The fraction of sp³-hybridized carbons (Fsp3) is 0.278. The van der Waals surface area contributed by atoms with E-state index in [9.17, 15) is 0 Å². The fourth-order valence-electron chi connectivity index (χ4n) is 4.36. The predicted molar refractivity (Wildman–Crippen MR) is 190 cm³/mol. The van der Waals surface area contributed by atoms with Gasteiger partial charge in [-0.2, -0.15) is 4.57 Å². The van der Waals surface area contributed by atoms with Crippen LogP contribution in [-0.2, 0) is 6.54 Å². The molecule has 0 aliphatic carbocycles. The standard InChI is InChI=1S/C36H45N4S2/c1-5-37-26-16-9-7-8-10-18-32-19-11-13-22-35(32)38(3)28-30-41-42-31-29-39(4)36-23-14-12-20-33(36)24-25-34-21-15-17-27-40(34)6-2/h7-27H,5-6,28-31H2,1-4H3/q+1/p+1/b8-7+,16-9-,18-10+,37-26?. The molecule has 6 heteroatoms. The number of rotatable bonds is 17. The molecule has 0 atom stereocenters. The fourth-order valence-corrected chi connectivity index (χ4v) is 6.44. The van der Waals surface area contributed by atoms with Gasteiger partial charge < -0.3 is 9.80 Å². The van der Waals surface area contributed by atoms with E-state index in [1.165, 1.54) is 28.2 Å². The van der Waals surface area contributed by atoms with Crippen LogP contribution in [0.1, 0.15) is 30.7 Å². The Morgan fingerprint density at radius 3 is 1.88 bits per heavy atom. The van der Waals surface area contributed by atoms with E-state index in [1.54, 1.807) is 0 Å². The van der Waals surface area contributed by atoms with Crippen LogP contribution in [0.3, 0.4) is 0 Å². The lowest BCUT2D eigenvalue weighted by Gasteiger charge is -2.22. The van der Waals surface area contributed by atoms with Gasteiger partial charge in [-0.25, -0.2) is 4.99 Å². The number of anilines is 2. The van der Waals surface area contributed by atoms with E-state index in [0.717, 1.165) is 37.7 Å². The third-order valence-corrected chi connectivity index (χ3v) is 9.05. The van der Waals surface area contributed by atoms with Gasteiger partial charge in [0.25, 0.3) is 0 Å². The first-order valence-electron chi connectivity index (χ1n) is 14.7. The summed E-state index contributed by atoms with van der Waals surface area (Å²) < 4.78 is 2.26. The van der Waals surface area contributed by atoms with Gasteiger partial charge in [0.05, 0.1) is 0 Å². The van der Waals surface area contributed by atoms with Crippen molar-refractivity contribution in [2.45, 2.75) is 20.4 Å². The Kier molecular flexibility index (Phi) is 15.4. The molecule has 0 bridgehead atoms. The number of allylic oxidation sites excluding steroid dienone is 5. The van der Waals surface area contributed by atoms with Crippen LogP contribution in [0.25, 0.3) is 18.2 Å². The molecular weight excluding hydrogens is 553 g/mol. The Morgan fingerprint density at radius 2 is 1.24 bits per heavy atom. The lowest BCUT2D eigenvalue weighted by Crippen LogP contribution is -2.67. The third kappa shape index (κ3) is 11.4. The second kappa shape index (κ2) is 19.6. The van der Waals surface area contributed by atoms with Gasteiger partial charge in [0.1, 0.15) is 13.1 Å². The molecule has 2 aromatic carbocycles. The highest BCUT2D eigenvalue weighted by molar-refractivity contribution is 8.76. The van der Waals surface area contributed by atoms with Crippen molar-refractivity contribution in [1.29, 1.82) is 0 Å². The van der Waals surface area contributed by atoms with Gasteiger partial charge in [-0.15, -0.1) is 0 Å². The molecule has 0 unspecified atom stereocenters. The normalized spacial score (nSPS) is 12.1. The van der Waals surface area contributed by atoms with Crippen molar-refractivity contribution in [3.05, 3.63) is 120 Å². The van der Waals surface area contributed by atoms with Crippen molar-refractivity contribution in [3.8, 4) is 0 Å². The minimum absolute atomic E-state index is 0.940. The molecule has 0 aliphatic heterocycles. The van der Waals surface area contributed by atoms with E-state index < -0.39 is 0 Å². The van der Waals surface area contributed by atoms with Crippen LogP contribution in [0.4, 0.5) is 11.4 Å². The van der Waals surface area contributed by atoms with E-state index in [4.69, 9.17) is 0 Å². The van der Waals surface area contributed by atoms with Crippen LogP contribution < -0.4 is 19.4 Å². The molecule has 4 nitrogen and oxygen atoms in total. The summed E-state index contributed by atoms with van der Waals surface area (Å²) in [5.74, 6) is 2.15. The highest BCUT2D eigenvalue weighted by Crippen LogP contribution is 2.26. The maximum atomic E-state index is 3.16. The van der Waals surface area contributed by atoms with Crippen LogP contribution in [-0.4, -0.2) is 51.4 Å². The number of benzene rings is 2. The summed E-state index contributed by atoms with van der Waals surface area (Å²) in [7, 11) is 8.29. The predicted octanol–water partition coefficient (Wildman–Crippen LogP) is 6.42. The first-order valence-corrected chi connectivity index (χ1v) is 17.2. The first kappa shape index (κ1) is 33.0. The number of nitrogens with zero attached hydrogens (tertiary/aromatic N) is 3. The number of aromatic nitrogens is 1. The van der Waals surface area contributed by atoms with Crippen molar-refractivity contribution in [1.82, 2.24) is 0 Å². The summed E-state index contributed by atoms with van der Waals surface area (Å²) >= 11 is 0. The van der Waals surface area contributed by atoms with Gasteiger partial charge in [-0.3, -0.25) is 0 Å². The topological polar surface area (TPSA) is 24.3 Å². The summed E-state index contributed by atoms with van der Waals surface area (Å²) in [6.45, 7) is 8.17. The molecular formula is C36H46N4S2+2. The zero-order chi connectivity index (χ0) is 29.8. The van der Waals surface area contributed by atoms with Crippen LogP contribution >= 0.6 is 21.6 Å². The Morgan fingerprint density at radius 1 is 0.667 bits per heavy atom. The van der Waals surface area contributed by atoms with E-state index in [1.807, 2.05) is 46.0 Å². The number of pyridine rings is 1. The average Bonchev–Trinajstić information content (AvgIpc) is 3.03. The Hall–Kier alpha value is -3.48. The molecule has 3 rings (SSSR count). The zero-order valence-corrected chi connectivity index (χ0v) is 27.2. The van der Waals surface area contributed by atoms with Crippen molar-refractivity contribution in [3.63, 3.8) is 0 Å². The molecule has 0 saturated heterocycles. The summed E-state index contributed by atoms with van der Waals surface area (Å²) in [5.41, 5.74) is 6.21. The zero-order valence-electron chi connectivity index (χ0n) is 25.5. The molecule has 42 heavy (non-hydrogen) atoms. The van der Waals surface area contributed by atoms with Crippen LogP contribution in [0.2, 0.25) is 0 Å². The summed E-state index contributed by atoms with van der Waals surface area (Å²) in [6.07, 6.45) is 21.0. The van der Waals surface area contributed by atoms with Crippen molar-refractivity contribution < 1.29 is 9.56 Å². The second-order valence-corrected chi connectivity index (χ2v) is 12.4. The maximum Gasteiger partial charge on any atom is 0.205 e. The molecule has 0 aliphatic rings. The van der Waals surface area contributed by atoms with Crippen molar-refractivity contribution in [2.24, 2.45) is 0 Å². The number of hydrogen-bond donors (Lipinski definition) is 1. The highest BCUT2D eigenvalue weighted by Gasteiger charge is 2.08. The Bertz CT molecular complexity index is 1360. The lowest BCUT2D eigenvalue weighted by molar-refractivity contribution is -0.695. The van der Waals surface area contributed by atoms with E-state index in [-0.39, 0.29) is 0 Å². The minimum Gasteiger partial charge on any atom is -0.373 e. The molecule has 0 saturated carbocycles. The lowest BCUT2D eigenvalue weighted by atomic mass is 10.1. The largest absolute Gasteiger partial charge is 0.373 e.